The molecular formula is C16H14Cl2O4. The number of carbonyl (C=O) groups is 1. The molecule has 0 heterocycles. The van der Waals surface area contributed by atoms with Crippen LogP contribution in [0.15, 0.2) is 42.5 Å². The van der Waals surface area contributed by atoms with Crippen molar-refractivity contribution in [2.45, 2.75) is 6.29 Å². The number of benzene rings is 2. The number of esters is 1. The largest absolute Gasteiger partial charge is 0.465 e. The summed E-state index contributed by atoms with van der Waals surface area (Å²) in [4.78, 5) is 11.8. The summed E-state index contributed by atoms with van der Waals surface area (Å²) in [5.74, 6) is -0.0330. The fourth-order valence-electron chi connectivity index (χ4n) is 1.96. The van der Waals surface area contributed by atoms with Crippen molar-refractivity contribution in [3.63, 3.8) is 0 Å². The van der Waals surface area contributed by atoms with E-state index in [4.69, 9.17) is 37.4 Å². The summed E-state index contributed by atoms with van der Waals surface area (Å²) in [5, 5.41) is 0.886. The van der Waals surface area contributed by atoms with Crippen molar-refractivity contribution in [3.8, 4) is 5.75 Å². The molecule has 22 heavy (non-hydrogen) atoms. The van der Waals surface area contributed by atoms with Crippen LogP contribution in [0.1, 0.15) is 22.2 Å². The first kappa shape index (κ1) is 16.6. The van der Waals surface area contributed by atoms with Crippen molar-refractivity contribution >= 4 is 29.2 Å². The second kappa shape index (κ2) is 7.49. The molecule has 0 N–H and O–H groups in total. The highest BCUT2D eigenvalue weighted by Crippen LogP contribution is 2.30. The van der Waals surface area contributed by atoms with Gasteiger partial charge in [-0.3, -0.25) is 0 Å². The molecule has 0 saturated heterocycles. The van der Waals surface area contributed by atoms with Gasteiger partial charge in [-0.2, -0.15) is 0 Å². The molecule has 0 aliphatic rings. The van der Waals surface area contributed by atoms with Crippen LogP contribution >= 0.6 is 23.2 Å². The highest BCUT2D eigenvalue weighted by molar-refractivity contribution is 6.34. The Labute approximate surface area is 138 Å². The second-order valence-corrected chi connectivity index (χ2v) is 5.24. The molecule has 6 heteroatoms. The third-order valence-electron chi connectivity index (χ3n) is 2.91. The van der Waals surface area contributed by atoms with Gasteiger partial charge in [0.2, 0.25) is 6.29 Å². The van der Waals surface area contributed by atoms with Crippen molar-refractivity contribution < 1.29 is 19.0 Å². The molecule has 0 fully saturated rings. The van der Waals surface area contributed by atoms with Crippen molar-refractivity contribution in [1.82, 2.24) is 0 Å². The predicted molar refractivity (Wildman–Crippen MR) is 84.6 cm³/mol. The van der Waals surface area contributed by atoms with Crippen LogP contribution in [0.2, 0.25) is 10.0 Å². The smallest absolute Gasteiger partial charge is 0.338 e. The average Bonchev–Trinajstić information content (AvgIpc) is 2.51. The Balaban J connectivity index is 2.34. The Hall–Kier alpha value is -1.75. The van der Waals surface area contributed by atoms with E-state index in [0.717, 1.165) is 0 Å². The van der Waals surface area contributed by atoms with Crippen molar-refractivity contribution in [1.29, 1.82) is 0 Å². The van der Waals surface area contributed by atoms with Gasteiger partial charge in [0.15, 0.2) is 0 Å². The monoisotopic (exact) mass is 340 g/mol. The fourth-order valence-corrected chi connectivity index (χ4v) is 2.46. The molecule has 0 bridgehead atoms. The number of halogens is 2. The van der Waals surface area contributed by atoms with Crippen molar-refractivity contribution in [3.05, 3.63) is 63.6 Å². The molecular weight excluding hydrogens is 327 g/mol. The van der Waals surface area contributed by atoms with E-state index < -0.39 is 12.3 Å². The van der Waals surface area contributed by atoms with Crippen LogP contribution in [0.3, 0.4) is 0 Å². The SMILES string of the molecule is COC(=O)c1ccccc1C(OC)Oc1cc(Cl)cc(Cl)c1. The summed E-state index contributed by atoms with van der Waals surface area (Å²) < 4.78 is 15.9. The molecule has 2 rings (SSSR count). The van der Waals surface area contributed by atoms with E-state index in [1.807, 2.05) is 0 Å². The Morgan fingerprint density at radius 3 is 2.27 bits per heavy atom. The Morgan fingerprint density at radius 1 is 1.05 bits per heavy atom. The van der Waals surface area contributed by atoms with E-state index in [1.165, 1.54) is 14.2 Å². The molecule has 0 aromatic heterocycles. The van der Waals surface area contributed by atoms with Gasteiger partial charge in [-0.1, -0.05) is 41.4 Å². The fraction of sp³-hybridized carbons (Fsp3) is 0.188. The van der Waals surface area contributed by atoms with Crippen LogP contribution in [0.25, 0.3) is 0 Å². The number of rotatable bonds is 5. The van der Waals surface area contributed by atoms with E-state index in [-0.39, 0.29) is 0 Å². The standard InChI is InChI=1S/C16H14Cl2O4/c1-20-15(19)13-5-3-4-6-14(13)16(21-2)22-12-8-10(17)7-11(18)9-12/h3-9,16H,1-2H3. The van der Waals surface area contributed by atoms with Crippen LogP contribution in [-0.4, -0.2) is 20.2 Å². The lowest BCUT2D eigenvalue weighted by Crippen LogP contribution is -2.15. The van der Waals surface area contributed by atoms with E-state index in [2.05, 4.69) is 0 Å². The summed E-state index contributed by atoms with van der Waals surface area (Å²) in [5.41, 5.74) is 0.915. The topological polar surface area (TPSA) is 44.8 Å². The van der Waals surface area contributed by atoms with E-state index in [9.17, 15) is 4.79 Å². The molecule has 4 nitrogen and oxygen atoms in total. The first-order valence-electron chi connectivity index (χ1n) is 6.38. The minimum Gasteiger partial charge on any atom is -0.465 e. The summed E-state index contributed by atoms with van der Waals surface area (Å²) in [6.45, 7) is 0. The molecule has 2 aromatic carbocycles. The van der Waals surface area contributed by atoms with Crippen LogP contribution in [0.4, 0.5) is 0 Å². The Kier molecular flexibility index (Phi) is 5.66. The molecule has 2 aromatic rings. The molecule has 1 atom stereocenters. The lowest BCUT2D eigenvalue weighted by Gasteiger charge is -2.20. The molecule has 0 spiro atoms. The van der Waals surface area contributed by atoms with Crippen molar-refractivity contribution in [2.24, 2.45) is 0 Å². The maximum Gasteiger partial charge on any atom is 0.338 e. The van der Waals surface area contributed by atoms with Gasteiger partial charge in [-0.25, -0.2) is 4.79 Å². The molecule has 0 amide bonds. The van der Waals surface area contributed by atoms with Gasteiger partial charge in [0.25, 0.3) is 0 Å². The number of hydrogen-bond acceptors (Lipinski definition) is 4. The first-order chi connectivity index (χ1) is 10.5. The molecule has 0 aliphatic carbocycles. The quantitative estimate of drug-likeness (QED) is 0.593. The maximum atomic E-state index is 11.8. The minimum atomic E-state index is -0.801. The number of carbonyl (C=O) groups excluding carboxylic acids is 1. The zero-order valence-corrected chi connectivity index (χ0v) is 13.5. The third kappa shape index (κ3) is 3.91. The maximum absolute atomic E-state index is 11.8. The van der Waals surface area contributed by atoms with Gasteiger partial charge >= 0.3 is 5.97 Å². The summed E-state index contributed by atoms with van der Waals surface area (Å²) in [6, 6.07) is 11.7. The van der Waals surface area contributed by atoms with Gasteiger partial charge in [0, 0.05) is 22.7 Å². The first-order valence-corrected chi connectivity index (χ1v) is 7.13. The number of hydrogen-bond donors (Lipinski definition) is 0. The van der Waals surface area contributed by atoms with E-state index in [1.54, 1.807) is 42.5 Å². The molecule has 116 valence electrons. The van der Waals surface area contributed by atoms with Gasteiger partial charge < -0.3 is 14.2 Å². The lowest BCUT2D eigenvalue weighted by molar-refractivity contribution is -0.0568. The van der Waals surface area contributed by atoms with Gasteiger partial charge in [0.1, 0.15) is 5.75 Å². The van der Waals surface area contributed by atoms with Crippen LogP contribution in [-0.2, 0) is 9.47 Å². The normalized spacial score (nSPS) is 11.8. The highest BCUT2D eigenvalue weighted by atomic mass is 35.5. The average molecular weight is 341 g/mol. The van der Waals surface area contributed by atoms with E-state index >= 15 is 0 Å². The summed E-state index contributed by atoms with van der Waals surface area (Å²) in [7, 11) is 2.80. The number of methoxy groups -OCH3 is 2. The third-order valence-corrected chi connectivity index (χ3v) is 3.35. The van der Waals surface area contributed by atoms with Gasteiger partial charge in [-0.15, -0.1) is 0 Å². The molecule has 0 aliphatic heterocycles. The lowest BCUT2D eigenvalue weighted by atomic mass is 10.1. The van der Waals surface area contributed by atoms with Crippen molar-refractivity contribution in [2.75, 3.05) is 14.2 Å². The second-order valence-electron chi connectivity index (χ2n) is 4.37. The molecule has 0 radical (unpaired) electrons. The predicted octanol–water partition coefficient (Wildman–Crippen LogP) is 4.50. The Morgan fingerprint density at radius 2 is 1.68 bits per heavy atom. The number of ether oxygens (including phenoxy) is 3. The minimum absolute atomic E-state index is 0.366. The summed E-state index contributed by atoms with van der Waals surface area (Å²) in [6.07, 6.45) is -0.801. The van der Waals surface area contributed by atoms with Crippen LogP contribution in [0, 0.1) is 0 Å². The Bertz CT molecular complexity index is 653. The van der Waals surface area contributed by atoms with Crippen LogP contribution in [0.5, 0.6) is 5.75 Å². The summed E-state index contributed by atoms with van der Waals surface area (Å²) >= 11 is 11.9. The molecule has 1 unspecified atom stereocenters. The zero-order valence-electron chi connectivity index (χ0n) is 12.0. The van der Waals surface area contributed by atoms with Gasteiger partial charge in [-0.05, 0) is 24.3 Å². The van der Waals surface area contributed by atoms with Crippen LogP contribution < -0.4 is 4.74 Å². The zero-order chi connectivity index (χ0) is 16.1. The van der Waals surface area contributed by atoms with E-state index in [0.29, 0.717) is 26.9 Å². The highest BCUT2D eigenvalue weighted by Gasteiger charge is 2.21. The van der Waals surface area contributed by atoms with Gasteiger partial charge in [0.05, 0.1) is 12.7 Å². The molecule has 0 saturated carbocycles.